The number of aromatic nitrogens is 1. The van der Waals surface area contributed by atoms with Gasteiger partial charge in [0.1, 0.15) is 6.54 Å². The number of ether oxygens (including phenoxy) is 1. The Hall–Kier alpha value is -2.34. The Balaban J connectivity index is 2.08. The zero-order valence-electron chi connectivity index (χ0n) is 14.8. The molecule has 8 nitrogen and oxygen atoms in total. The van der Waals surface area contributed by atoms with Crippen LogP contribution in [0.4, 0.5) is 0 Å². The largest absolute Gasteiger partial charge is 0.465 e. The molecule has 3 aromatic rings. The molecular weight excluding hydrogens is 422 g/mol. The third-order valence-electron chi connectivity index (χ3n) is 3.70. The summed E-state index contributed by atoms with van der Waals surface area (Å²) in [5.74, 6) is -0.844. The summed E-state index contributed by atoms with van der Waals surface area (Å²) in [6.45, 7) is 1.77. The lowest BCUT2D eigenvalue weighted by molar-refractivity contribution is -0.143. The van der Waals surface area contributed by atoms with Crippen LogP contribution >= 0.6 is 22.7 Å². The van der Waals surface area contributed by atoms with E-state index in [1.165, 1.54) is 34.1 Å². The van der Waals surface area contributed by atoms with Crippen LogP contribution in [0.1, 0.15) is 11.8 Å². The molecule has 0 aliphatic carbocycles. The number of hydrogen-bond donors (Lipinski definition) is 1. The highest BCUT2D eigenvalue weighted by atomic mass is 32.2. The zero-order valence-corrected chi connectivity index (χ0v) is 17.3. The summed E-state index contributed by atoms with van der Waals surface area (Å²) >= 11 is 2.56. The molecule has 0 radical (unpaired) electrons. The molecule has 0 fully saturated rings. The number of esters is 1. The monoisotopic (exact) mass is 439 g/mol. The van der Waals surface area contributed by atoms with Crippen LogP contribution < -0.4 is 9.94 Å². The van der Waals surface area contributed by atoms with Crippen LogP contribution in [0.5, 0.6) is 0 Å². The van der Waals surface area contributed by atoms with Gasteiger partial charge in [0.2, 0.25) is 10.0 Å². The van der Waals surface area contributed by atoms with Crippen molar-refractivity contribution < 1.29 is 22.7 Å². The molecule has 0 unspecified atom stereocenters. The molecule has 1 aromatic carbocycles. The second kappa shape index (κ2) is 8.35. The van der Waals surface area contributed by atoms with E-state index in [4.69, 9.17) is 9.88 Å². The molecule has 148 valence electrons. The van der Waals surface area contributed by atoms with E-state index in [9.17, 15) is 18.0 Å². The third-order valence-corrected chi connectivity index (χ3v) is 6.53. The van der Waals surface area contributed by atoms with Gasteiger partial charge in [-0.15, -0.1) is 11.3 Å². The highest BCUT2D eigenvalue weighted by molar-refractivity contribution is 7.89. The number of benzene rings is 1. The Morgan fingerprint density at radius 2 is 2.07 bits per heavy atom. The summed E-state index contributed by atoms with van der Waals surface area (Å²) < 4.78 is 30.3. The molecule has 2 N–H and O–H groups in total. The third kappa shape index (κ3) is 4.73. The van der Waals surface area contributed by atoms with Crippen molar-refractivity contribution in [3.63, 3.8) is 0 Å². The first-order chi connectivity index (χ1) is 13.3. The highest BCUT2D eigenvalue weighted by Crippen LogP contribution is 2.21. The number of primary sulfonamides is 1. The van der Waals surface area contributed by atoms with Crippen LogP contribution in [-0.4, -0.2) is 31.5 Å². The molecule has 0 bridgehead atoms. The van der Waals surface area contributed by atoms with Gasteiger partial charge in [-0.2, -0.15) is 4.99 Å². The average Bonchev–Trinajstić information content (AvgIpc) is 3.22. The van der Waals surface area contributed by atoms with Crippen molar-refractivity contribution >= 4 is 54.8 Å². The highest BCUT2D eigenvalue weighted by Gasteiger charge is 2.15. The molecule has 11 heteroatoms. The number of thiazole rings is 1. The quantitative estimate of drug-likeness (QED) is 0.585. The lowest BCUT2D eigenvalue weighted by atomic mass is 10.3. The minimum atomic E-state index is -3.88. The molecule has 1 amide bonds. The van der Waals surface area contributed by atoms with E-state index in [0.29, 0.717) is 10.2 Å². The molecule has 0 aliphatic heterocycles. The number of hydrogen-bond acceptors (Lipinski definition) is 7. The Kier molecular flexibility index (Phi) is 6.08. The van der Waals surface area contributed by atoms with Gasteiger partial charge >= 0.3 is 5.97 Å². The second-order valence-electron chi connectivity index (χ2n) is 5.71. The van der Waals surface area contributed by atoms with Crippen molar-refractivity contribution in [2.75, 3.05) is 6.61 Å². The normalized spacial score (nSPS) is 12.4. The first-order valence-corrected chi connectivity index (χ1v) is 11.4. The van der Waals surface area contributed by atoms with E-state index < -0.39 is 16.0 Å². The van der Waals surface area contributed by atoms with Crippen LogP contribution in [0, 0.1) is 0 Å². The smallest absolute Gasteiger partial charge is 0.326 e. The van der Waals surface area contributed by atoms with E-state index in [-0.39, 0.29) is 35.2 Å². The van der Waals surface area contributed by atoms with Crippen LogP contribution in [-0.2, 0) is 37.3 Å². The van der Waals surface area contributed by atoms with Gasteiger partial charge < -0.3 is 9.30 Å². The predicted molar refractivity (Wildman–Crippen MR) is 106 cm³/mol. The van der Waals surface area contributed by atoms with Crippen molar-refractivity contribution in [2.45, 2.75) is 24.8 Å². The van der Waals surface area contributed by atoms with Gasteiger partial charge in [0, 0.05) is 4.88 Å². The topological polar surface area (TPSA) is 121 Å². The molecule has 0 saturated carbocycles. The van der Waals surface area contributed by atoms with E-state index in [0.717, 1.165) is 16.2 Å². The minimum absolute atomic E-state index is 0.0546. The molecule has 28 heavy (non-hydrogen) atoms. The number of amides is 1. The van der Waals surface area contributed by atoms with Gasteiger partial charge in [0.05, 0.1) is 28.1 Å². The molecule has 0 aliphatic rings. The van der Waals surface area contributed by atoms with Crippen LogP contribution in [0.25, 0.3) is 10.2 Å². The molecular formula is C17H17N3O5S3. The van der Waals surface area contributed by atoms with Gasteiger partial charge in [-0.05, 0) is 36.6 Å². The van der Waals surface area contributed by atoms with Crippen molar-refractivity contribution in [3.8, 4) is 0 Å². The summed E-state index contributed by atoms with van der Waals surface area (Å²) in [5, 5.41) is 7.06. The maximum Gasteiger partial charge on any atom is 0.326 e. The number of fused-ring (bicyclic) bond motifs is 1. The first-order valence-electron chi connectivity index (χ1n) is 8.19. The van der Waals surface area contributed by atoms with E-state index in [1.54, 1.807) is 6.92 Å². The number of rotatable bonds is 6. The van der Waals surface area contributed by atoms with Crippen molar-refractivity contribution in [1.82, 2.24) is 4.57 Å². The molecule has 0 atom stereocenters. The SMILES string of the molecule is CCOC(=O)Cn1c(=NC(=O)Cc2cccs2)sc2cc(S(N)(=O)=O)ccc21. The fourth-order valence-corrected chi connectivity index (χ4v) is 4.91. The molecule has 3 rings (SSSR count). The number of sulfonamides is 1. The van der Waals surface area contributed by atoms with Gasteiger partial charge in [-0.25, -0.2) is 13.6 Å². The van der Waals surface area contributed by atoms with Crippen LogP contribution in [0.3, 0.4) is 0 Å². The average molecular weight is 440 g/mol. The van der Waals surface area contributed by atoms with E-state index >= 15 is 0 Å². The number of nitrogens with two attached hydrogens (primary N) is 1. The standard InChI is InChI=1S/C17H17N3O5S3/c1-2-25-16(22)10-20-13-6-5-12(28(18,23)24)9-14(13)27-17(20)19-15(21)8-11-4-3-7-26-11/h3-7,9H,2,8,10H2,1H3,(H2,18,23,24). The molecule has 2 heterocycles. The summed E-state index contributed by atoms with van der Waals surface area (Å²) in [4.78, 5) is 29.6. The Morgan fingerprint density at radius 3 is 2.71 bits per heavy atom. The second-order valence-corrected chi connectivity index (χ2v) is 9.31. The summed E-state index contributed by atoms with van der Waals surface area (Å²) in [6.07, 6.45) is 0.147. The fraction of sp³-hybridized carbons (Fsp3) is 0.235. The van der Waals surface area contributed by atoms with E-state index in [1.807, 2.05) is 17.5 Å². The lowest BCUT2D eigenvalue weighted by Crippen LogP contribution is -2.23. The Bertz CT molecular complexity index is 1190. The summed E-state index contributed by atoms with van der Waals surface area (Å²) in [5.41, 5.74) is 0.563. The predicted octanol–water partition coefficient (Wildman–Crippen LogP) is 1.64. The maximum atomic E-state index is 12.3. The van der Waals surface area contributed by atoms with Crippen LogP contribution in [0.15, 0.2) is 45.6 Å². The summed E-state index contributed by atoms with van der Waals surface area (Å²) in [7, 11) is -3.88. The van der Waals surface area contributed by atoms with Crippen LogP contribution in [0.2, 0.25) is 0 Å². The number of nitrogens with zero attached hydrogens (tertiary/aromatic N) is 2. The number of thiophene rings is 1. The first kappa shape index (κ1) is 20.4. The lowest BCUT2D eigenvalue weighted by Gasteiger charge is -2.05. The zero-order chi connectivity index (χ0) is 20.3. The number of carbonyl (C=O) groups is 2. The fourth-order valence-electron chi connectivity index (χ4n) is 2.51. The van der Waals surface area contributed by atoms with Crippen molar-refractivity contribution in [3.05, 3.63) is 45.4 Å². The molecule has 0 spiro atoms. The van der Waals surface area contributed by atoms with E-state index in [2.05, 4.69) is 4.99 Å². The summed E-state index contributed by atoms with van der Waals surface area (Å²) in [6, 6.07) is 7.98. The Labute approximate surface area is 169 Å². The molecule has 0 saturated heterocycles. The van der Waals surface area contributed by atoms with Gasteiger partial charge in [0.25, 0.3) is 5.91 Å². The van der Waals surface area contributed by atoms with Crippen molar-refractivity contribution in [2.24, 2.45) is 10.1 Å². The number of carbonyl (C=O) groups excluding carboxylic acids is 2. The van der Waals surface area contributed by atoms with Gasteiger partial charge in [0.15, 0.2) is 4.80 Å². The minimum Gasteiger partial charge on any atom is -0.465 e. The maximum absolute atomic E-state index is 12.3. The van der Waals surface area contributed by atoms with Crippen molar-refractivity contribution in [1.29, 1.82) is 0 Å². The van der Waals surface area contributed by atoms with Gasteiger partial charge in [-0.3, -0.25) is 9.59 Å². The molecule has 2 aromatic heterocycles. The Morgan fingerprint density at radius 1 is 1.29 bits per heavy atom. The van der Waals surface area contributed by atoms with Gasteiger partial charge in [-0.1, -0.05) is 17.4 Å².